The zero-order valence-electron chi connectivity index (χ0n) is 11.4. The first-order valence-electron chi connectivity index (χ1n) is 6.41. The molecule has 20 heavy (non-hydrogen) atoms. The van der Waals surface area contributed by atoms with Crippen LogP contribution in [-0.2, 0) is 10.0 Å². The second-order valence-corrected chi connectivity index (χ2v) is 6.59. The van der Waals surface area contributed by atoms with Gasteiger partial charge < -0.3 is 0 Å². The van der Waals surface area contributed by atoms with Gasteiger partial charge in [-0.1, -0.05) is 13.8 Å². The van der Waals surface area contributed by atoms with E-state index in [1.807, 2.05) is 13.8 Å². The van der Waals surface area contributed by atoms with E-state index in [9.17, 15) is 17.2 Å². The van der Waals surface area contributed by atoms with Gasteiger partial charge in [0.05, 0.1) is 0 Å². The molecule has 0 saturated heterocycles. The highest BCUT2D eigenvalue weighted by Gasteiger charge is 2.31. The number of nitrogens with zero attached hydrogens (tertiary/aromatic N) is 1. The van der Waals surface area contributed by atoms with Crippen LogP contribution in [0.4, 0.5) is 8.78 Å². The Morgan fingerprint density at radius 1 is 1.25 bits per heavy atom. The molecule has 0 bridgehead atoms. The van der Waals surface area contributed by atoms with Gasteiger partial charge in [-0.15, -0.1) is 11.6 Å². The van der Waals surface area contributed by atoms with Gasteiger partial charge in [0.15, 0.2) is 0 Å². The Morgan fingerprint density at radius 3 is 2.35 bits per heavy atom. The third-order valence-electron chi connectivity index (χ3n) is 3.13. The molecule has 1 rings (SSSR count). The molecule has 0 amide bonds. The zero-order valence-corrected chi connectivity index (χ0v) is 13.0. The maximum Gasteiger partial charge on any atom is 0.246 e. The van der Waals surface area contributed by atoms with Crippen LogP contribution in [0.3, 0.4) is 0 Å². The van der Waals surface area contributed by atoms with Crippen molar-refractivity contribution in [2.45, 2.75) is 37.6 Å². The predicted octanol–water partition coefficient (Wildman–Crippen LogP) is 3.38. The summed E-state index contributed by atoms with van der Waals surface area (Å²) in [5.41, 5.74) is 0. The smallest absolute Gasteiger partial charge is 0.207 e. The molecule has 0 unspecified atom stereocenters. The summed E-state index contributed by atoms with van der Waals surface area (Å²) >= 11 is 5.64. The molecule has 114 valence electrons. The largest absolute Gasteiger partial charge is 0.246 e. The molecule has 0 atom stereocenters. The van der Waals surface area contributed by atoms with Crippen molar-refractivity contribution in [2.75, 3.05) is 12.4 Å². The fourth-order valence-corrected chi connectivity index (χ4v) is 4.21. The predicted molar refractivity (Wildman–Crippen MR) is 75.3 cm³/mol. The van der Waals surface area contributed by atoms with E-state index in [1.54, 1.807) is 0 Å². The molecule has 0 radical (unpaired) electrons. The zero-order chi connectivity index (χ0) is 15.3. The fourth-order valence-electron chi connectivity index (χ4n) is 2.08. The third-order valence-corrected chi connectivity index (χ3v) is 5.27. The standard InChI is InChI=1S/C13H18ClF2NO2S/c1-3-11(4-2)17(8-7-14)20(18,19)13-9-10(15)5-6-12(13)16/h5-6,9,11H,3-4,7-8H2,1-2H3. The molecule has 0 heterocycles. The lowest BCUT2D eigenvalue weighted by Crippen LogP contribution is -2.41. The maximum absolute atomic E-state index is 13.7. The number of sulfonamides is 1. The van der Waals surface area contributed by atoms with Crippen molar-refractivity contribution >= 4 is 21.6 Å². The lowest BCUT2D eigenvalue weighted by Gasteiger charge is -2.29. The van der Waals surface area contributed by atoms with Gasteiger partial charge in [0, 0.05) is 18.5 Å². The lowest BCUT2D eigenvalue weighted by atomic mass is 10.2. The number of alkyl halides is 1. The average molecular weight is 326 g/mol. The van der Waals surface area contributed by atoms with Crippen LogP contribution in [0.25, 0.3) is 0 Å². The monoisotopic (exact) mass is 325 g/mol. The van der Waals surface area contributed by atoms with Crippen molar-refractivity contribution in [1.29, 1.82) is 0 Å². The SMILES string of the molecule is CCC(CC)N(CCCl)S(=O)(=O)c1cc(F)ccc1F. The first-order valence-corrected chi connectivity index (χ1v) is 8.38. The van der Waals surface area contributed by atoms with Crippen molar-refractivity contribution in [3.8, 4) is 0 Å². The molecule has 0 spiro atoms. The summed E-state index contributed by atoms with van der Waals surface area (Å²) in [6.45, 7) is 3.74. The Labute approximate surface area is 123 Å². The highest BCUT2D eigenvalue weighted by Crippen LogP contribution is 2.24. The first kappa shape index (κ1) is 17.3. The van der Waals surface area contributed by atoms with E-state index in [2.05, 4.69) is 0 Å². The molecule has 0 fully saturated rings. The minimum absolute atomic E-state index is 0.0617. The summed E-state index contributed by atoms with van der Waals surface area (Å²) in [7, 11) is -4.11. The fraction of sp³-hybridized carbons (Fsp3) is 0.538. The van der Waals surface area contributed by atoms with Crippen LogP contribution in [0, 0.1) is 11.6 Å². The van der Waals surface area contributed by atoms with Crippen LogP contribution in [0.2, 0.25) is 0 Å². The third kappa shape index (κ3) is 3.68. The van der Waals surface area contributed by atoms with Gasteiger partial charge in [-0.05, 0) is 31.0 Å². The van der Waals surface area contributed by atoms with Crippen molar-refractivity contribution in [2.24, 2.45) is 0 Å². The maximum atomic E-state index is 13.7. The molecule has 0 aromatic heterocycles. The van der Waals surface area contributed by atoms with Crippen LogP contribution < -0.4 is 0 Å². The quantitative estimate of drug-likeness (QED) is 0.721. The van der Waals surface area contributed by atoms with E-state index in [1.165, 1.54) is 0 Å². The Hall–Kier alpha value is -0.720. The second-order valence-electron chi connectivity index (χ2n) is 4.35. The minimum atomic E-state index is -4.11. The van der Waals surface area contributed by atoms with Crippen molar-refractivity contribution in [3.63, 3.8) is 0 Å². The van der Waals surface area contributed by atoms with Gasteiger partial charge >= 0.3 is 0 Å². The van der Waals surface area contributed by atoms with E-state index in [4.69, 9.17) is 11.6 Å². The summed E-state index contributed by atoms with van der Waals surface area (Å²) < 4.78 is 53.1. The Balaban J connectivity index is 3.32. The molecule has 0 saturated carbocycles. The van der Waals surface area contributed by atoms with Gasteiger partial charge in [-0.3, -0.25) is 0 Å². The van der Waals surface area contributed by atoms with Crippen molar-refractivity contribution in [1.82, 2.24) is 4.31 Å². The molecular weight excluding hydrogens is 308 g/mol. The summed E-state index contributed by atoms with van der Waals surface area (Å²) in [5, 5.41) is 0. The summed E-state index contributed by atoms with van der Waals surface area (Å²) in [4.78, 5) is -0.644. The van der Waals surface area contributed by atoms with Crippen molar-refractivity contribution in [3.05, 3.63) is 29.8 Å². The molecule has 1 aromatic rings. The Kier molecular flexibility index (Phi) is 6.36. The van der Waals surface area contributed by atoms with Crippen molar-refractivity contribution < 1.29 is 17.2 Å². The molecule has 0 aliphatic heterocycles. The van der Waals surface area contributed by atoms with Crippen LogP contribution >= 0.6 is 11.6 Å². The highest BCUT2D eigenvalue weighted by atomic mass is 35.5. The molecule has 3 nitrogen and oxygen atoms in total. The van der Waals surface area contributed by atoms with E-state index in [0.29, 0.717) is 18.9 Å². The minimum Gasteiger partial charge on any atom is -0.207 e. The molecule has 1 aromatic carbocycles. The Bertz CT molecular complexity index is 547. The molecular formula is C13H18ClF2NO2S. The topological polar surface area (TPSA) is 37.4 Å². The molecule has 7 heteroatoms. The highest BCUT2D eigenvalue weighted by molar-refractivity contribution is 7.89. The van der Waals surface area contributed by atoms with Crippen LogP contribution in [0.1, 0.15) is 26.7 Å². The Morgan fingerprint density at radius 2 is 1.85 bits per heavy atom. The van der Waals surface area contributed by atoms with Crippen LogP contribution in [-0.4, -0.2) is 31.2 Å². The van der Waals surface area contributed by atoms with Gasteiger partial charge in [0.1, 0.15) is 16.5 Å². The normalized spacial score (nSPS) is 12.3. The lowest BCUT2D eigenvalue weighted by molar-refractivity contribution is 0.315. The van der Waals surface area contributed by atoms with Gasteiger partial charge in [0.2, 0.25) is 10.0 Å². The number of benzene rings is 1. The first-order chi connectivity index (χ1) is 9.38. The van der Waals surface area contributed by atoms with Crippen LogP contribution in [0.5, 0.6) is 0 Å². The number of rotatable bonds is 7. The second kappa shape index (κ2) is 7.33. The van der Waals surface area contributed by atoms with E-state index in [0.717, 1.165) is 16.4 Å². The van der Waals surface area contributed by atoms with E-state index < -0.39 is 26.6 Å². The van der Waals surface area contributed by atoms with E-state index in [-0.39, 0.29) is 18.5 Å². The molecule has 0 aliphatic carbocycles. The van der Waals surface area contributed by atoms with Crippen LogP contribution in [0.15, 0.2) is 23.1 Å². The van der Waals surface area contributed by atoms with Gasteiger partial charge in [0.25, 0.3) is 0 Å². The molecule has 0 aliphatic rings. The number of hydrogen-bond donors (Lipinski definition) is 0. The number of hydrogen-bond acceptors (Lipinski definition) is 2. The average Bonchev–Trinajstić information content (AvgIpc) is 2.41. The summed E-state index contributed by atoms with van der Waals surface area (Å²) in [6.07, 6.45) is 1.15. The van der Waals surface area contributed by atoms with E-state index >= 15 is 0 Å². The number of halogens is 3. The van der Waals surface area contributed by atoms with Gasteiger partial charge in [-0.25, -0.2) is 17.2 Å². The summed E-state index contributed by atoms with van der Waals surface area (Å²) in [5.74, 6) is -1.66. The summed E-state index contributed by atoms with van der Waals surface area (Å²) in [6, 6.07) is 2.11. The molecule has 0 N–H and O–H groups in total. The van der Waals surface area contributed by atoms with Gasteiger partial charge in [-0.2, -0.15) is 4.31 Å².